The number of carbonyl (C=O) groups is 1. The largest absolute Gasteiger partial charge is 0.397 e. The molecule has 0 radical (unpaired) electrons. The van der Waals surface area contributed by atoms with Crippen molar-refractivity contribution in [3.63, 3.8) is 0 Å². The molecular weight excluding hydrogens is 252 g/mol. The van der Waals surface area contributed by atoms with Gasteiger partial charge in [-0.05, 0) is 29.7 Å². The van der Waals surface area contributed by atoms with Crippen LogP contribution in [0.15, 0.2) is 42.5 Å². The molecule has 1 aromatic carbocycles. The molecule has 1 aliphatic heterocycles. The average Bonchev–Trinajstić information content (AvgIpc) is 3.07. The molecule has 3 rings (SSSR count). The van der Waals surface area contributed by atoms with Crippen LogP contribution in [0.2, 0.25) is 0 Å². The van der Waals surface area contributed by atoms with Crippen LogP contribution in [0.4, 0.5) is 5.69 Å². The Balaban J connectivity index is 2.03. The molecule has 0 bridgehead atoms. The lowest BCUT2D eigenvalue weighted by atomic mass is 9.99. The molecule has 3 N–H and O–H groups in total. The van der Waals surface area contributed by atoms with E-state index in [0.717, 1.165) is 28.8 Å². The van der Waals surface area contributed by atoms with Crippen molar-refractivity contribution in [2.24, 2.45) is 0 Å². The van der Waals surface area contributed by atoms with Crippen molar-refractivity contribution >= 4 is 17.2 Å². The van der Waals surface area contributed by atoms with Gasteiger partial charge in [-0.1, -0.05) is 13.0 Å². The third-order valence-corrected chi connectivity index (χ3v) is 3.58. The lowest BCUT2D eigenvalue weighted by Crippen LogP contribution is -2.17. The summed E-state index contributed by atoms with van der Waals surface area (Å²) in [5, 5.41) is 2.86. The highest BCUT2D eigenvalue weighted by molar-refractivity contribution is 6.06. The Bertz CT molecular complexity index is 686. The summed E-state index contributed by atoms with van der Waals surface area (Å²) in [4.78, 5) is 15.7. The van der Waals surface area contributed by atoms with Gasteiger partial charge in [-0.25, -0.2) is 4.98 Å². The number of nitrogen functional groups attached to an aromatic ring is 1. The van der Waals surface area contributed by atoms with E-state index >= 15 is 0 Å². The highest BCUT2D eigenvalue weighted by Crippen LogP contribution is 2.28. The van der Waals surface area contributed by atoms with Crippen LogP contribution >= 0.6 is 0 Å². The summed E-state index contributed by atoms with van der Waals surface area (Å²) in [7, 11) is 0. The summed E-state index contributed by atoms with van der Waals surface area (Å²) in [6, 6.07) is 5.87. The number of aromatic nitrogens is 2. The molecule has 0 saturated heterocycles. The summed E-state index contributed by atoms with van der Waals surface area (Å²) in [6.45, 7) is 2.56. The van der Waals surface area contributed by atoms with Gasteiger partial charge in [-0.2, -0.15) is 0 Å². The molecule has 0 spiro atoms. The van der Waals surface area contributed by atoms with Crippen LogP contribution in [-0.2, 0) is 4.79 Å². The third kappa shape index (κ3) is 1.97. The molecule has 5 nitrogen and oxygen atoms in total. The Hall–Kier alpha value is -2.56. The predicted octanol–water partition coefficient (Wildman–Crippen LogP) is 1.75. The maximum atomic E-state index is 11.7. The molecule has 2 heterocycles. The molecule has 5 heteroatoms. The number of benzene rings is 1. The number of hydrogen-bond donors (Lipinski definition) is 2. The Kier molecular flexibility index (Phi) is 3.02. The maximum Gasteiger partial charge on any atom is 0.247 e. The first-order valence-corrected chi connectivity index (χ1v) is 6.59. The average molecular weight is 268 g/mol. The lowest BCUT2D eigenvalue weighted by Gasteiger charge is -2.10. The zero-order valence-electron chi connectivity index (χ0n) is 11.3. The number of rotatable bonds is 3. The Morgan fingerprint density at radius 1 is 1.45 bits per heavy atom. The van der Waals surface area contributed by atoms with Crippen LogP contribution in [0.3, 0.4) is 0 Å². The monoisotopic (exact) mass is 268 g/mol. The van der Waals surface area contributed by atoms with Gasteiger partial charge >= 0.3 is 0 Å². The van der Waals surface area contributed by atoms with Gasteiger partial charge in [-0.3, -0.25) is 4.79 Å². The molecule has 0 saturated carbocycles. The molecule has 0 aliphatic carbocycles. The SMILES string of the molecule is CCC1=C(c2ccc(-n3ccnc3)c(N)c2)CNC1=O. The van der Waals surface area contributed by atoms with Crippen molar-refractivity contribution in [3.8, 4) is 5.69 Å². The van der Waals surface area contributed by atoms with Crippen molar-refractivity contribution < 1.29 is 4.79 Å². The molecular formula is C15H16N4O. The number of amides is 1. The second kappa shape index (κ2) is 4.85. The molecule has 20 heavy (non-hydrogen) atoms. The number of nitrogens with zero attached hydrogens (tertiary/aromatic N) is 2. The zero-order valence-corrected chi connectivity index (χ0v) is 11.3. The Morgan fingerprint density at radius 2 is 2.30 bits per heavy atom. The van der Waals surface area contributed by atoms with Gasteiger partial charge in [0.15, 0.2) is 0 Å². The minimum absolute atomic E-state index is 0.0276. The quantitative estimate of drug-likeness (QED) is 0.833. The van der Waals surface area contributed by atoms with E-state index in [1.54, 1.807) is 12.5 Å². The highest BCUT2D eigenvalue weighted by atomic mass is 16.1. The lowest BCUT2D eigenvalue weighted by molar-refractivity contribution is -0.116. The van der Waals surface area contributed by atoms with E-state index in [1.165, 1.54) is 0 Å². The van der Waals surface area contributed by atoms with Gasteiger partial charge in [0.2, 0.25) is 5.91 Å². The van der Waals surface area contributed by atoms with Gasteiger partial charge in [0.05, 0.1) is 17.7 Å². The Labute approximate surface area is 117 Å². The third-order valence-electron chi connectivity index (χ3n) is 3.58. The van der Waals surface area contributed by atoms with E-state index in [0.29, 0.717) is 12.2 Å². The van der Waals surface area contributed by atoms with Gasteiger partial charge in [-0.15, -0.1) is 0 Å². The molecule has 102 valence electrons. The summed E-state index contributed by atoms with van der Waals surface area (Å²) in [5.41, 5.74) is 10.6. The molecule has 0 fully saturated rings. The van der Waals surface area contributed by atoms with E-state index in [1.807, 2.05) is 35.9 Å². The van der Waals surface area contributed by atoms with Gasteiger partial charge in [0.25, 0.3) is 0 Å². The van der Waals surface area contributed by atoms with Crippen molar-refractivity contribution in [3.05, 3.63) is 48.1 Å². The van der Waals surface area contributed by atoms with E-state index in [2.05, 4.69) is 10.3 Å². The van der Waals surface area contributed by atoms with Crippen LogP contribution in [-0.4, -0.2) is 22.0 Å². The van der Waals surface area contributed by atoms with E-state index in [-0.39, 0.29) is 5.91 Å². The molecule has 2 aromatic rings. The predicted molar refractivity (Wildman–Crippen MR) is 78.2 cm³/mol. The molecule has 0 atom stereocenters. The minimum Gasteiger partial charge on any atom is -0.397 e. The second-order valence-electron chi connectivity index (χ2n) is 4.74. The van der Waals surface area contributed by atoms with Crippen molar-refractivity contribution in [2.45, 2.75) is 13.3 Å². The number of hydrogen-bond acceptors (Lipinski definition) is 3. The molecule has 0 unspecified atom stereocenters. The normalized spacial score (nSPS) is 14.8. The van der Waals surface area contributed by atoms with Crippen molar-refractivity contribution in [2.75, 3.05) is 12.3 Å². The summed E-state index contributed by atoms with van der Waals surface area (Å²) < 4.78 is 1.87. The first-order chi connectivity index (χ1) is 9.70. The number of nitrogens with one attached hydrogen (secondary N) is 1. The molecule has 1 aromatic heterocycles. The fraction of sp³-hybridized carbons (Fsp3) is 0.200. The first kappa shape index (κ1) is 12.5. The smallest absolute Gasteiger partial charge is 0.247 e. The first-order valence-electron chi connectivity index (χ1n) is 6.59. The van der Waals surface area contributed by atoms with Gasteiger partial charge in [0, 0.05) is 24.5 Å². The molecule has 1 amide bonds. The van der Waals surface area contributed by atoms with Crippen LogP contribution in [0, 0.1) is 0 Å². The number of imidazole rings is 1. The summed E-state index contributed by atoms with van der Waals surface area (Å²) >= 11 is 0. The second-order valence-corrected chi connectivity index (χ2v) is 4.74. The van der Waals surface area contributed by atoms with Gasteiger partial charge < -0.3 is 15.6 Å². The van der Waals surface area contributed by atoms with Crippen LogP contribution in [0.1, 0.15) is 18.9 Å². The van der Waals surface area contributed by atoms with Crippen molar-refractivity contribution in [1.29, 1.82) is 0 Å². The van der Waals surface area contributed by atoms with Crippen LogP contribution < -0.4 is 11.1 Å². The number of nitrogens with two attached hydrogens (primary N) is 1. The topological polar surface area (TPSA) is 72.9 Å². The summed E-state index contributed by atoms with van der Waals surface area (Å²) in [6.07, 6.45) is 6.00. The highest BCUT2D eigenvalue weighted by Gasteiger charge is 2.22. The number of anilines is 1. The van der Waals surface area contributed by atoms with Crippen LogP contribution in [0.25, 0.3) is 11.3 Å². The fourth-order valence-electron chi connectivity index (χ4n) is 2.55. The van der Waals surface area contributed by atoms with E-state index < -0.39 is 0 Å². The Morgan fingerprint density at radius 3 is 2.95 bits per heavy atom. The minimum atomic E-state index is 0.0276. The van der Waals surface area contributed by atoms with Gasteiger partial charge in [0.1, 0.15) is 0 Å². The van der Waals surface area contributed by atoms with E-state index in [9.17, 15) is 4.79 Å². The molecule has 1 aliphatic rings. The summed E-state index contributed by atoms with van der Waals surface area (Å²) in [5.74, 6) is 0.0276. The maximum absolute atomic E-state index is 11.7. The standard InChI is InChI=1S/C15H16N4O/c1-2-11-12(8-18-15(11)20)10-3-4-14(13(16)7-10)19-6-5-17-9-19/h3-7,9H,2,8,16H2,1H3,(H,18,20). The zero-order chi connectivity index (χ0) is 14.1. The fourth-order valence-corrected chi connectivity index (χ4v) is 2.55. The van der Waals surface area contributed by atoms with Crippen molar-refractivity contribution in [1.82, 2.24) is 14.9 Å². The van der Waals surface area contributed by atoms with Crippen LogP contribution in [0.5, 0.6) is 0 Å². The number of carbonyl (C=O) groups excluding carboxylic acids is 1. The van der Waals surface area contributed by atoms with E-state index in [4.69, 9.17) is 5.73 Å².